The minimum absolute atomic E-state index is 0.0516. The van der Waals surface area contributed by atoms with Crippen LogP contribution in [0.5, 0.6) is 17.2 Å². The molecule has 0 atom stereocenters. The molecule has 0 fully saturated rings. The van der Waals surface area contributed by atoms with E-state index in [1.165, 1.54) is 49.6 Å². The highest BCUT2D eigenvalue weighted by molar-refractivity contribution is 6.32. The Morgan fingerprint density at radius 2 is 1.83 bits per heavy atom. The van der Waals surface area contributed by atoms with Crippen molar-refractivity contribution < 1.29 is 24.2 Å². The lowest BCUT2D eigenvalue weighted by molar-refractivity contribution is -0.118. The summed E-state index contributed by atoms with van der Waals surface area (Å²) in [5.74, 6) is -0.585. The zero-order valence-electron chi connectivity index (χ0n) is 19.0. The van der Waals surface area contributed by atoms with Crippen LogP contribution in [0.4, 0.5) is 11.4 Å². The molecule has 3 aromatic carbocycles. The summed E-state index contributed by atoms with van der Waals surface area (Å²) >= 11 is 6.36. The summed E-state index contributed by atoms with van der Waals surface area (Å²) in [7, 11) is 1.40. The standard InChI is InChI=1S/C26H22ClN3O5/c1-16-5-3-4-6-22(16)30-24(32)15-35-25-21(27)12-17(13-23(25)34-2)11-18(14-28)26(33)29-19-7-9-20(31)10-8-19/h3-13,31H,15H2,1-2H3,(H,29,33)(H,30,32)/b18-11+. The normalized spacial score (nSPS) is 10.7. The van der Waals surface area contributed by atoms with E-state index in [-0.39, 0.29) is 40.4 Å². The van der Waals surface area contributed by atoms with Crippen LogP contribution in [0, 0.1) is 18.3 Å². The molecule has 0 spiro atoms. The highest BCUT2D eigenvalue weighted by Crippen LogP contribution is 2.37. The number of nitrogens with one attached hydrogen (secondary N) is 2. The number of carbonyl (C=O) groups excluding carboxylic acids is 2. The number of hydrogen-bond donors (Lipinski definition) is 3. The Labute approximate surface area is 207 Å². The number of aryl methyl sites for hydroxylation is 1. The monoisotopic (exact) mass is 491 g/mol. The minimum Gasteiger partial charge on any atom is -0.508 e. The van der Waals surface area contributed by atoms with Gasteiger partial charge in [-0.05, 0) is 66.6 Å². The molecule has 0 saturated carbocycles. The fourth-order valence-electron chi connectivity index (χ4n) is 3.06. The Morgan fingerprint density at radius 1 is 1.11 bits per heavy atom. The van der Waals surface area contributed by atoms with Gasteiger partial charge < -0.3 is 25.2 Å². The highest BCUT2D eigenvalue weighted by atomic mass is 35.5. The number of phenols is 1. The van der Waals surface area contributed by atoms with Gasteiger partial charge in [0, 0.05) is 11.4 Å². The van der Waals surface area contributed by atoms with Crippen LogP contribution in [0.3, 0.4) is 0 Å². The van der Waals surface area contributed by atoms with E-state index >= 15 is 0 Å². The topological polar surface area (TPSA) is 121 Å². The molecule has 3 N–H and O–H groups in total. The number of halogens is 1. The fraction of sp³-hybridized carbons (Fsp3) is 0.115. The summed E-state index contributed by atoms with van der Waals surface area (Å²) in [6.07, 6.45) is 1.35. The Balaban J connectivity index is 1.74. The van der Waals surface area contributed by atoms with Crippen LogP contribution in [0.25, 0.3) is 6.08 Å². The molecule has 178 valence electrons. The average molecular weight is 492 g/mol. The van der Waals surface area contributed by atoms with Crippen molar-refractivity contribution >= 4 is 40.9 Å². The van der Waals surface area contributed by atoms with Gasteiger partial charge in [0.2, 0.25) is 0 Å². The molecule has 2 amide bonds. The molecule has 0 aromatic heterocycles. The first-order valence-corrected chi connectivity index (χ1v) is 10.8. The number of nitriles is 1. The molecule has 0 aliphatic carbocycles. The van der Waals surface area contributed by atoms with Crippen LogP contribution in [0.15, 0.2) is 66.2 Å². The summed E-state index contributed by atoms with van der Waals surface area (Å²) in [6.45, 7) is 1.57. The van der Waals surface area contributed by atoms with Crippen molar-refractivity contribution in [2.24, 2.45) is 0 Å². The van der Waals surface area contributed by atoms with Crippen LogP contribution in [-0.2, 0) is 9.59 Å². The molecule has 0 radical (unpaired) electrons. The van der Waals surface area contributed by atoms with Crippen molar-refractivity contribution in [3.8, 4) is 23.3 Å². The Hall–Kier alpha value is -4.48. The molecule has 35 heavy (non-hydrogen) atoms. The number of para-hydroxylation sites is 1. The number of amides is 2. The number of hydrogen-bond acceptors (Lipinski definition) is 6. The Bertz CT molecular complexity index is 1310. The van der Waals surface area contributed by atoms with Crippen LogP contribution in [0.1, 0.15) is 11.1 Å². The zero-order chi connectivity index (χ0) is 25.4. The minimum atomic E-state index is -0.638. The molecule has 0 aliphatic heterocycles. The molecular formula is C26H22ClN3O5. The fourth-order valence-corrected chi connectivity index (χ4v) is 3.33. The van der Waals surface area contributed by atoms with Crippen molar-refractivity contribution in [3.05, 3.63) is 82.4 Å². The molecule has 0 heterocycles. The summed E-state index contributed by atoms with van der Waals surface area (Å²) in [5, 5.41) is 24.3. The largest absolute Gasteiger partial charge is 0.508 e. The van der Waals surface area contributed by atoms with Gasteiger partial charge in [0.15, 0.2) is 18.1 Å². The van der Waals surface area contributed by atoms with Crippen LogP contribution >= 0.6 is 11.6 Å². The van der Waals surface area contributed by atoms with Gasteiger partial charge in [-0.25, -0.2) is 0 Å². The lowest BCUT2D eigenvalue weighted by Crippen LogP contribution is -2.21. The number of aromatic hydroxyl groups is 1. The van der Waals surface area contributed by atoms with E-state index in [0.29, 0.717) is 16.9 Å². The second-order valence-corrected chi connectivity index (χ2v) is 7.76. The molecule has 3 aromatic rings. The number of nitrogens with zero attached hydrogens (tertiary/aromatic N) is 1. The number of methoxy groups -OCH3 is 1. The van der Waals surface area contributed by atoms with Gasteiger partial charge in [-0.2, -0.15) is 5.26 Å². The summed E-state index contributed by atoms with van der Waals surface area (Å²) in [5.41, 5.74) is 2.24. The first kappa shape index (κ1) is 25.1. The maximum absolute atomic E-state index is 12.5. The second-order valence-electron chi connectivity index (χ2n) is 7.36. The lowest BCUT2D eigenvalue weighted by atomic mass is 10.1. The van der Waals surface area contributed by atoms with Crippen molar-refractivity contribution in [1.82, 2.24) is 0 Å². The van der Waals surface area contributed by atoms with Crippen molar-refractivity contribution in [3.63, 3.8) is 0 Å². The van der Waals surface area contributed by atoms with Gasteiger partial charge in [-0.3, -0.25) is 9.59 Å². The van der Waals surface area contributed by atoms with Crippen molar-refractivity contribution in [2.45, 2.75) is 6.92 Å². The van der Waals surface area contributed by atoms with Crippen LogP contribution in [-0.4, -0.2) is 30.6 Å². The van der Waals surface area contributed by atoms with Gasteiger partial charge in [0.1, 0.15) is 17.4 Å². The average Bonchev–Trinajstić information content (AvgIpc) is 2.84. The number of rotatable bonds is 8. The van der Waals surface area contributed by atoms with E-state index in [1.807, 2.05) is 31.2 Å². The van der Waals surface area contributed by atoms with Gasteiger partial charge >= 0.3 is 0 Å². The predicted molar refractivity (Wildman–Crippen MR) is 134 cm³/mol. The molecule has 3 rings (SSSR count). The van der Waals surface area contributed by atoms with Crippen molar-refractivity contribution in [1.29, 1.82) is 5.26 Å². The van der Waals surface area contributed by atoms with Crippen LogP contribution < -0.4 is 20.1 Å². The molecular weight excluding hydrogens is 470 g/mol. The predicted octanol–water partition coefficient (Wildman–Crippen LogP) is 4.93. The Morgan fingerprint density at radius 3 is 2.49 bits per heavy atom. The van der Waals surface area contributed by atoms with Crippen molar-refractivity contribution in [2.75, 3.05) is 24.4 Å². The third kappa shape index (κ3) is 6.76. The summed E-state index contributed by atoms with van der Waals surface area (Å²) in [4.78, 5) is 24.8. The van der Waals surface area contributed by atoms with E-state index in [1.54, 1.807) is 6.07 Å². The summed E-state index contributed by atoms with van der Waals surface area (Å²) in [6, 6.07) is 18.1. The quantitative estimate of drug-likeness (QED) is 0.233. The van der Waals surface area contributed by atoms with Gasteiger partial charge in [0.05, 0.1) is 12.1 Å². The van der Waals surface area contributed by atoms with Gasteiger partial charge in [-0.15, -0.1) is 0 Å². The van der Waals surface area contributed by atoms with E-state index < -0.39 is 5.91 Å². The molecule has 8 nitrogen and oxygen atoms in total. The molecule has 0 bridgehead atoms. The summed E-state index contributed by atoms with van der Waals surface area (Å²) < 4.78 is 10.9. The Kier molecular flexibility index (Phi) is 8.33. The maximum atomic E-state index is 12.5. The van der Waals surface area contributed by atoms with E-state index in [2.05, 4.69) is 10.6 Å². The number of anilines is 2. The van der Waals surface area contributed by atoms with E-state index in [9.17, 15) is 20.0 Å². The van der Waals surface area contributed by atoms with Crippen LogP contribution in [0.2, 0.25) is 5.02 Å². The second kappa shape index (κ2) is 11.6. The first-order chi connectivity index (χ1) is 16.8. The molecule has 0 aliphatic rings. The van der Waals surface area contributed by atoms with E-state index in [4.69, 9.17) is 21.1 Å². The van der Waals surface area contributed by atoms with E-state index in [0.717, 1.165) is 5.56 Å². The first-order valence-electron chi connectivity index (χ1n) is 10.4. The van der Waals surface area contributed by atoms with Gasteiger partial charge in [0.25, 0.3) is 11.8 Å². The lowest BCUT2D eigenvalue weighted by Gasteiger charge is -2.14. The maximum Gasteiger partial charge on any atom is 0.266 e. The smallest absolute Gasteiger partial charge is 0.266 e. The SMILES string of the molecule is COc1cc(/C=C(\C#N)C(=O)Nc2ccc(O)cc2)cc(Cl)c1OCC(=O)Nc1ccccc1C. The zero-order valence-corrected chi connectivity index (χ0v) is 19.7. The third-order valence-corrected chi connectivity index (χ3v) is 5.10. The highest BCUT2D eigenvalue weighted by Gasteiger charge is 2.16. The number of ether oxygens (including phenoxy) is 2. The molecule has 0 saturated heterocycles. The number of phenolic OH excluding ortho intramolecular Hbond substituents is 1. The molecule has 9 heteroatoms. The number of benzene rings is 3. The number of carbonyl (C=O) groups is 2. The third-order valence-electron chi connectivity index (χ3n) is 4.82. The molecule has 0 unspecified atom stereocenters. The van der Waals surface area contributed by atoms with Gasteiger partial charge in [-0.1, -0.05) is 29.8 Å².